The first-order valence-corrected chi connectivity index (χ1v) is 9.73. The Labute approximate surface area is 146 Å². The van der Waals surface area contributed by atoms with Crippen molar-refractivity contribution >= 4 is 17.2 Å². The molecule has 1 aliphatic carbocycles. The Bertz CT molecular complexity index is 776. The molecule has 0 fully saturated rings. The molecule has 3 heterocycles. The second kappa shape index (κ2) is 5.99. The topological polar surface area (TPSA) is 51.0 Å². The zero-order chi connectivity index (χ0) is 16.8. The molecule has 0 saturated heterocycles. The second-order valence-corrected chi connectivity index (χ2v) is 8.37. The third-order valence-corrected chi connectivity index (χ3v) is 6.27. The van der Waals surface area contributed by atoms with Gasteiger partial charge in [0.15, 0.2) is 5.82 Å². The summed E-state index contributed by atoms with van der Waals surface area (Å²) in [6, 6.07) is 0. The fraction of sp³-hybridized carbons (Fsp3) is 0.611. The molecule has 0 spiro atoms. The number of hydrogen-bond donors (Lipinski definition) is 0. The average Bonchev–Trinajstić information content (AvgIpc) is 3.16. The summed E-state index contributed by atoms with van der Waals surface area (Å²) in [4.78, 5) is 16.4. The largest absolute Gasteiger partial charge is 0.329 e. The van der Waals surface area contributed by atoms with Crippen LogP contribution in [-0.2, 0) is 25.9 Å². The van der Waals surface area contributed by atoms with Crippen LogP contribution in [0.4, 0.5) is 0 Å². The average molecular weight is 344 g/mol. The highest BCUT2D eigenvalue weighted by Crippen LogP contribution is 2.33. The Kier molecular flexibility index (Phi) is 3.95. The zero-order valence-electron chi connectivity index (χ0n) is 14.6. The third kappa shape index (κ3) is 2.57. The maximum atomic E-state index is 13.0. The van der Waals surface area contributed by atoms with Crippen LogP contribution in [0, 0.1) is 5.92 Å². The molecule has 2 aliphatic rings. The molecule has 2 aromatic heterocycles. The normalized spacial score (nSPS) is 20.2. The van der Waals surface area contributed by atoms with Crippen LogP contribution in [0.5, 0.6) is 0 Å². The molecular formula is C18H24N4OS. The molecule has 0 saturated carbocycles. The molecule has 1 atom stereocenters. The van der Waals surface area contributed by atoms with Gasteiger partial charge in [-0.15, -0.1) is 21.5 Å². The van der Waals surface area contributed by atoms with Gasteiger partial charge < -0.3 is 9.47 Å². The van der Waals surface area contributed by atoms with Gasteiger partial charge in [-0.1, -0.05) is 20.8 Å². The number of thiophene rings is 1. The van der Waals surface area contributed by atoms with Crippen molar-refractivity contribution in [3.63, 3.8) is 0 Å². The fourth-order valence-electron chi connectivity index (χ4n) is 3.81. The smallest absolute Gasteiger partial charge is 0.255 e. The van der Waals surface area contributed by atoms with Gasteiger partial charge in [-0.25, -0.2) is 0 Å². The van der Waals surface area contributed by atoms with E-state index in [0.29, 0.717) is 12.5 Å². The molecule has 5 nitrogen and oxygen atoms in total. The minimum atomic E-state index is 0.169. The number of nitrogens with zero attached hydrogens (tertiary/aromatic N) is 4. The van der Waals surface area contributed by atoms with Crippen LogP contribution in [0.25, 0.3) is 0 Å². The summed E-state index contributed by atoms with van der Waals surface area (Å²) in [7, 11) is 0. The summed E-state index contributed by atoms with van der Waals surface area (Å²) in [5, 5.41) is 10.7. The molecule has 128 valence electrons. The third-order valence-electron chi connectivity index (χ3n) is 5.22. The van der Waals surface area contributed by atoms with Crippen LogP contribution in [0.15, 0.2) is 5.38 Å². The number of carbonyl (C=O) groups excluding carboxylic acids is 1. The van der Waals surface area contributed by atoms with Crippen molar-refractivity contribution in [1.29, 1.82) is 0 Å². The fourth-order valence-corrected chi connectivity index (χ4v) is 5.05. The van der Waals surface area contributed by atoms with Gasteiger partial charge in [0.2, 0.25) is 0 Å². The van der Waals surface area contributed by atoms with Crippen molar-refractivity contribution < 1.29 is 4.79 Å². The van der Waals surface area contributed by atoms with Crippen molar-refractivity contribution in [2.75, 3.05) is 6.54 Å². The van der Waals surface area contributed by atoms with Crippen molar-refractivity contribution in [3.05, 3.63) is 33.0 Å². The number of amides is 1. The first-order valence-electron chi connectivity index (χ1n) is 8.85. The summed E-state index contributed by atoms with van der Waals surface area (Å²) in [5.41, 5.74) is 2.23. The summed E-state index contributed by atoms with van der Waals surface area (Å²) in [6.45, 7) is 8.67. The molecule has 0 unspecified atom stereocenters. The van der Waals surface area contributed by atoms with Gasteiger partial charge in [-0.05, 0) is 30.7 Å². The highest BCUT2D eigenvalue weighted by atomic mass is 32.1. The lowest BCUT2D eigenvalue weighted by molar-refractivity contribution is 0.0705. The molecule has 0 radical (unpaired) electrons. The van der Waals surface area contributed by atoms with E-state index in [1.54, 1.807) is 11.3 Å². The summed E-state index contributed by atoms with van der Waals surface area (Å²) < 4.78 is 2.18. The van der Waals surface area contributed by atoms with E-state index < -0.39 is 0 Å². The lowest BCUT2D eigenvalue weighted by atomic mass is 9.88. The number of fused-ring (bicyclic) bond motifs is 2. The number of hydrogen-bond acceptors (Lipinski definition) is 4. The van der Waals surface area contributed by atoms with Gasteiger partial charge in [0.05, 0.1) is 12.1 Å². The highest BCUT2D eigenvalue weighted by molar-refractivity contribution is 7.10. The molecule has 0 aromatic carbocycles. The molecular weight excluding hydrogens is 320 g/mol. The highest BCUT2D eigenvalue weighted by Gasteiger charge is 2.29. The van der Waals surface area contributed by atoms with Crippen LogP contribution < -0.4 is 0 Å². The number of carbonyl (C=O) groups is 1. The maximum Gasteiger partial charge on any atom is 0.255 e. The maximum absolute atomic E-state index is 13.0. The molecule has 0 bridgehead atoms. The van der Waals surface area contributed by atoms with Gasteiger partial charge in [0.25, 0.3) is 5.91 Å². The summed E-state index contributed by atoms with van der Waals surface area (Å²) >= 11 is 1.76. The molecule has 4 rings (SSSR count). The van der Waals surface area contributed by atoms with Crippen LogP contribution in [-0.4, -0.2) is 32.1 Å². The lowest BCUT2D eigenvalue weighted by Gasteiger charge is -2.29. The van der Waals surface area contributed by atoms with Gasteiger partial charge in [-0.3, -0.25) is 4.79 Å². The van der Waals surface area contributed by atoms with Gasteiger partial charge in [0, 0.05) is 29.3 Å². The van der Waals surface area contributed by atoms with Crippen molar-refractivity contribution in [2.45, 2.75) is 59.0 Å². The van der Waals surface area contributed by atoms with E-state index in [1.807, 2.05) is 4.90 Å². The number of aromatic nitrogens is 3. The van der Waals surface area contributed by atoms with Gasteiger partial charge in [0.1, 0.15) is 5.82 Å². The SMILES string of the molecule is CC(C)c1nnc2n1CCN(C(=O)c1csc3c1CC[C@H](C)C3)C2. The predicted molar refractivity (Wildman–Crippen MR) is 94.4 cm³/mol. The van der Waals surface area contributed by atoms with E-state index >= 15 is 0 Å². The summed E-state index contributed by atoms with van der Waals surface area (Å²) in [6.07, 6.45) is 3.36. The first-order chi connectivity index (χ1) is 11.5. The number of rotatable bonds is 2. The Balaban J connectivity index is 1.56. The van der Waals surface area contributed by atoms with Crippen LogP contribution in [0.3, 0.4) is 0 Å². The van der Waals surface area contributed by atoms with Gasteiger partial charge >= 0.3 is 0 Å². The first kappa shape index (κ1) is 15.8. The minimum absolute atomic E-state index is 0.169. The molecule has 0 N–H and O–H groups in total. The van der Waals surface area contributed by atoms with Crippen molar-refractivity contribution in [1.82, 2.24) is 19.7 Å². The molecule has 6 heteroatoms. The van der Waals surface area contributed by atoms with Gasteiger partial charge in [-0.2, -0.15) is 0 Å². The van der Waals surface area contributed by atoms with E-state index in [2.05, 4.69) is 40.9 Å². The lowest BCUT2D eigenvalue weighted by Crippen LogP contribution is -2.39. The quantitative estimate of drug-likeness (QED) is 0.840. The van der Waals surface area contributed by atoms with Crippen LogP contribution in [0.2, 0.25) is 0 Å². The molecule has 2 aromatic rings. The van der Waals surface area contributed by atoms with Crippen molar-refractivity contribution in [2.24, 2.45) is 5.92 Å². The summed E-state index contributed by atoms with van der Waals surface area (Å²) in [5.74, 6) is 3.21. The van der Waals surface area contributed by atoms with E-state index in [-0.39, 0.29) is 5.91 Å². The van der Waals surface area contributed by atoms with E-state index in [1.165, 1.54) is 16.9 Å². The molecule has 24 heavy (non-hydrogen) atoms. The zero-order valence-corrected chi connectivity index (χ0v) is 15.4. The van der Waals surface area contributed by atoms with Crippen molar-refractivity contribution in [3.8, 4) is 0 Å². The Morgan fingerprint density at radius 2 is 2.17 bits per heavy atom. The standard InChI is InChI=1S/C18H24N4OS/c1-11(2)17-20-19-16-9-21(6-7-22(16)17)18(23)14-10-24-15-8-12(3)4-5-13(14)15/h10-12H,4-9H2,1-3H3/t12-/m0/s1. The minimum Gasteiger partial charge on any atom is -0.329 e. The Hall–Kier alpha value is -1.69. The van der Waals surface area contributed by atoms with Crippen LogP contribution in [0.1, 0.15) is 65.6 Å². The van der Waals surface area contributed by atoms with E-state index in [0.717, 1.165) is 49.1 Å². The van der Waals surface area contributed by atoms with Crippen LogP contribution >= 0.6 is 11.3 Å². The molecule has 1 amide bonds. The Morgan fingerprint density at radius 1 is 1.33 bits per heavy atom. The Morgan fingerprint density at radius 3 is 2.96 bits per heavy atom. The van der Waals surface area contributed by atoms with E-state index in [9.17, 15) is 4.79 Å². The molecule has 1 aliphatic heterocycles. The second-order valence-electron chi connectivity index (χ2n) is 7.41. The van der Waals surface area contributed by atoms with E-state index in [4.69, 9.17) is 0 Å². The predicted octanol–water partition coefficient (Wildman–Crippen LogP) is 3.24. The monoisotopic (exact) mass is 344 g/mol.